The Morgan fingerprint density at radius 2 is 1.78 bits per heavy atom. The van der Waals surface area contributed by atoms with Gasteiger partial charge in [0, 0.05) is 22.6 Å². The van der Waals surface area contributed by atoms with Crippen LogP contribution in [0.15, 0.2) is 69.3 Å². The second-order valence-corrected chi connectivity index (χ2v) is 15.2. The molecule has 3 aromatic heterocycles. The van der Waals surface area contributed by atoms with Crippen molar-refractivity contribution < 1.29 is 83.8 Å². The van der Waals surface area contributed by atoms with Crippen molar-refractivity contribution in [3.8, 4) is 23.0 Å². The van der Waals surface area contributed by atoms with E-state index in [0.29, 0.717) is 21.9 Å². The van der Waals surface area contributed by atoms with E-state index in [9.17, 15) is 44.7 Å². The van der Waals surface area contributed by atoms with Crippen molar-refractivity contribution in [1.82, 2.24) is 34.8 Å². The number of nitrogen functional groups attached to an aromatic ring is 1. The van der Waals surface area contributed by atoms with Gasteiger partial charge in [-0.2, -0.15) is 9.50 Å². The molecule has 2 atom stereocenters. The molecule has 0 unspecified atom stereocenters. The van der Waals surface area contributed by atoms with Gasteiger partial charge in [-0.05, 0) is 54.5 Å². The van der Waals surface area contributed by atoms with Gasteiger partial charge in [0.15, 0.2) is 46.3 Å². The Bertz CT molecular complexity index is 2530. The number of phenols is 4. The number of ether oxygens (including phenoxy) is 1. The van der Waals surface area contributed by atoms with Gasteiger partial charge in [-0.15, -0.1) is 40.0 Å². The van der Waals surface area contributed by atoms with Gasteiger partial charge in [-0.3, -0.25) is 14.5 Å². The van der Waals surface area contributed by atoms with Crippen molar-refractivity contribution in [2.75, 3.05) is 17.2 Å². The van der Waals surface area contributed by atoms with Gasteiger partial charge in [0.1, 0.15) is 28.7 Å². The zero-order valence-corrected chi connectivity index (χ0v) is 34.6. The quantitative estimate of drug-likeness (QED) is 0.0107. The number of hydrogen-bond donors (Lipinski definition) is 6. The summed E-state index contributed by atoms with van der Waals surface area (Å²) in [5, 5.41) is 63.2. The number of aliphatic carboxylic acids is 1. The van der Waals surface area contributed by atoms with E-state index in [1.807, 2.05) is 0 Å². The molecule has 1 fully saturated rings. The third-order valence-corrected chi connectivity index (χ3v) is 11.4. The number of phenolic OH excluding ortho intramolecular Hbond substituents is 4. The molecule has 20 nitrogen and oxygen atoms in total. The van der Waals surface area contributed by atoms with Gasteiger partial charge in [0.25, 0.3) is 17.6 Å². The number of anilines is 1. The fourth-order valence-corrected chi connectivity index (χ4v) is 8.69. The zero-order valence-electron chi connectivity index (χ0n) is 30.2. The number of rotatable bonds is 13. The molecule has 2 aromatic carbocycles. The summed E-state index contributed by atoms with van der Waals surface area (Å²) >= 11 is 3.47. The van der Waals surface area contributed by atoms with E-state index < -0.39 is 46.7 Å². The van der Waals surface area contributed by atoms with Crippen LogP contribution in [0.2, 0.25) is 0 Å². The maximum atomic E-state index is 13.5. The molecule has 0 radical (unpaired) electrons. The number of fused-ring (bicyclic) bond motifs is 2. The number of nitrogens with zero attached hydrogens (tertiary/aromatic N) is 7. The summed E-state index contributed by atoms with van der Waals surface area (Å²) in [5.74, 6) is -4.95. The smallest absolute Gasteiger partial charge is 0.543 e. The summed E-state index contributed by atoms with van der Waals surface area (Å²) in [7, 11) is 0. The second-order valence-electron chi connectivity index (χ2n) is 12.3. The number of esters is 1. The first-order valence-corrected chi connectivity index (χ1v) is 19.3. The Balaban J connectivity index is 0.00000567. The monoisotopic (exact) mass is 857 g/mol. The number of aromatic hydroxyl groups is 4. The van der Waals surface area contributed by atoms with Crippen molar-refractivity contribution >= 4 is 75.2 Å². The largest absolute Gasteiger partial charge is 1.00 e. The van der Waals surface area contributed by atoms with Gasteiger partial charge in [0.05, 0.1) is 17.2 Å². The van der Waals surface area contributed by atoms with Gasteiger partial charge in [-0.25, -0.2) is 14.8 Å². The number of β-lactam (4-membered cyclic amide) rings is 1. The molecule has 294 valence electrons. The number of nitrogens with two attached hydrogens (primary N) is 1. The SMILES string of the molecule is Cc1cc(SCC2=C(C(=O)[O-])N3C(=O)[C@@H](NC(=O)/C(=N\OCc4ccc(O)c(O)c4)c4csc(N)n4)[C@H]3SC2)n2nc(COC(=O)c3ccc(O)c(O)c3)nc2n1.[Na+]. The summed E-state index contributed by atoms with van der Waals surface area (Å²) in [5.41, 5.74) is 6.57. The zero-order chi connectivity index (χ0) is 40.5. The number of thiazole rings is 1. The Hall–Kier alpha value is -5.59. The number of carbonyl (C=O) groups is 4. The second kappa shape index (κ2) is 17.5. The van der Waals surface area contributed by atoms with Crippen molar-refractivity contribution in [1.29, 1.82) is 0 Å². The average Bonchev–Trinajstić information content (AvgIpc) is 3.80. The van der Waals surface area contributed by atoms with E-state index in [4.69, 9.17) is 15.3 Å². The molecule has 0 saturated carbocycles. The van der Waals surface area contributed by atoms with Crippen LogP contribution in [0.1, 0.15) is 33.1 Å². The van der Waals surface area contributed by atoms with Crippen LogP contribution in [0, 0.1) is 6.92 Å². The number of aromatic nitrogens is 5. The molecule has 0 aliphatic carbocycles. The molecule has 7 N–H and O–H groups in total. The van der Waals surface area contributed by atoms with Gasteiger partial charge in [-0.1, -0.05) is 11.2 Å². The molecular weight excluding hydrogens is 830 g/mol. The number of aryl methyl sites for hydroxylation is 1. The van der Waals surface area contributed by atoms with Crippen LogP contribution in [0.25, 0.3) is 5.78 Å². The molecule has 5 aromatic rings. The Morgan fingerprint density at radius 1 is 1.03 bits per heavy atom. The Labute approximate surface area is 361 Å². The third-order valence-electron chi connectivity index (χ3n) is 8.32. The number of hydrogen-bond acceptors (Lipinski definition) is 20. The third kappa shape index (κ3) is 8.78. The number of carbonyl (C=O) groups excluding carboxylic acids is 4. The number of amides is 2. The topological polar surface area (TPSA) is 300 Å². The molecule has 2 aliphatic rings. The molecule has 5 heterocycles. The van der Waals surface area contributed by atoms with Crippen LogP contribution in [-0.2, 0) is 37.2 Å². The number of thioether (sulfide) groups is 2. The van der Waals surface area contributed by atoms with Gasteiger partial charge in [0.2, 0.25) is 0 Å². The predicted octanol–water partition coefficient (Wildman–Crippen LogP) is -2.23. The van der Waals surface area contributed by atoms with E-state index in [-0.39, 0.29) is 105 Å². The van der Waals surface area contributed by atoms with Crippen molar-refractivity contribution in [2.45, 2.75) is 36.6 Å². The molecule has 24 heteroatoms. The fraction of sp³-hybridized carbons (Fsp3) is 0.206. The minimum Gasteiger partial charge on any atom is -0.543 e. The van der Waals surface area contributed by atoms with Crippen molar-refractivity contribution in [3.05, 3.63) is 87.5 Å². The maximum Gasteiger partial charge on any atom is 1.00 e. The standard InChI is InChI=1S/C34H29N9O11S3.Na/c1-14-6-24(43-34(36-14)38-23(40-43)10-53-32(52)16-3-5-20(45)22(47)8-16)55-11-17-12-56-30-26(29(49)42(30)27(17)31(50)51)39-28(48)25(18-13-57-33(35)37-18)41-54-9-15-2-4-19(44)21(46)7-15;/h2-8,13,26,30,44-47H,9-12H2,1H3,(H2,35,37)(H,39,48)(H,50,51);/q;+1/p-1/b41-25-;/t26-,30-;/m1./s1. The maximum absolute atomic E-state index is 13.5. The van der Waals surface area contributed by atoms with E-state index in [2.05, 4.69) is 30.5 Å². The van der Waals surface area contributed by atoms with Crippen LogP contribution >= 0.6 is 34.9 Å². The van der Waals surface area contributed by atoms with Gasteiger partial charge < -0.3 is 51.0 Å². The number of nitrogens with one attached hydrogen (secondary N) is 1. The van der Waals surface area contributed by atoms with E-state index in [1.165, 1.54) is 57.7 Å². The molecule has 1 saturated heterocycles. The fourth-order valence-electron chi connectivity index (χ4n) is 5.61. The molecular formula is C34H28N9NaO11S3. The summed E-state index contributed by atoms with van der Waals surface area (Å²) < 4.78 is 6.67. The number of carboxylic acids is 1. The van der Waals surface area contributed by atoms with Crippen LogP contribution in [0.3, 0.4) is 0 Å². The molecule has 2 aliphatic heterocycles. The first-order valence-electron chi connectivity index (χ1n) is 16.4. The Morgan fingerprint density at radius 3 is 2.47 bits per heavy atom. The number of carboxylic acid groups (broad SMARTS) is 1. The van der Waals surface area contributed by atoms with E-state index >= 15 is 0 Å². The van der Waals surface area contributed by atoms with Crippen LogP contribution in [0.5, 0.6) is 23.0 Å². The van der Waals surface area contributed by atoms with Crippen molar-refractivity contribution in [2.24, 2.45) is 5.16 Å². The first kappa shape index (κ1) is 42.0. The summed E-state index contributed by atoms with van der Waals surface area (Å²) in [6.07, 6.45) is 0. The first-order chi connectivity index (χ1) is 27.3. The average molecular weight is 858 g/mol. The Kier molecular flexibility index (Phi) is 12.7. The molecule has 58 heavy (non-hydrogen) atoms. The summed E-state index contributed by atoms with van der Waals surface area (Å²) in [4.78, 5) is 71.1. The molecule has 7 rings (SSSR count). The number of benzene rings is 2. The van der Waals surface area contributed by atoms with Crippen LogP contribution in [0.4, 0.5) is 5.13 Å². The van der Waals surface area contributed by atoms with Crippen molar-refractivity contribution in [3.63, 3.8) is 0 Å². The van der Waals surface area contributed by atoms with E-state index in [0.717, 1.165) is 28.4 Å². The molecule has 2 amide bonds. The minimum absolute atomic E-state index is 0. The minimum atomic E-state index is -1.58. The van der Waals surface area contributed by atoms with Crippen LogP contribution < -0.4 is 45.7 Å². The summed E-state index contributed by atoms with van der Waals surface area (Å²) in [6.45, 7) is 1.18. The normalized spacial score (nSPS) is 16.3. The van der Waals surface area contributed by atoms with Gasteiger partial charge >= 0.3 is 35.5 Å². The molecule has 0 bridgehead atoms. The molecule has 0 spiro atoms. The predicted molar refractivity (Wildman–Crippen MR) is 200 cm³/mol. The van der Waals surface area contributed by atoms with Crippen LogP contribution in [-0.4, -0.2) is 102 Å². The number of oxime groups is 1. The van der Waals surface area contributed by atoms with E-state index in [1.54, 1.807) is 13.0 Å². The summed E-state index contributed by atoms with van der Waals surface area (Å²) in [6, 6.07) is 8.03.